The fourth-order valence-electron chi connectivity index (χ4n) is 7.24. The smallest absolute Gasteiger partial charge is 0.415 e. The number of nitrogens with zero attached hydrogens (tertiary/aromatic N) is 3. The van der Waals surface area contributed by atoms with Crippen LogP contribution in [0.5, 0.6) is 0 Å². The summed E-state index contributed by atoms with van der Waals surface area (Å²) >= 11 is 0. The number of carboxylic acid groups (broad SMARTS) is 1. The van der Waals surface area contributed by atoms with Crippen molar-refractivity contribution in [3.05, 3.63) is 101 Å². The minimum Gasteiger partial charge on any atom is -0.481 e. The molecule has 4 atom stereocenters. The van der Waals surface area contributed by atoms with Gasteiger partial charge in [-0.15, -0.1) is 0 Å². The van der Waals surface area contributed by atoms with Crippen LogP contribution in [0.15, 0.2) is 78.9 Å². The minimum absolute atomic E-state index is 0.0538. The van der Waals surface area contributed by atoms with Crippen LogP contribution in [0.25, 0.3) is 0 Å². The van der Waals surface area contributed by atoms with Gasteiger partial charge in [0.15, 0.2) is 0 Å². The molecular weight excluding hydrogens is 582 g/mol. The number of para-hydroxylation sites is 1. The molecule has 0 aliphatic carbocycles. The van der Waals surface area contributed by atoms with Crippen LogP contribution < -0.4 is 4.90 Å². The number of hydrogen-bond donors (Lipinski definition) is 1. The van der Waals surface area contributed by atoms with Crippen LogP contribution in [0.2, 0.25) is 0 Å². The number of aliphatic carboxylic acids is 1. The van der Waals surface area contributed by atoms with Crippen molar-refractivity contribution in [2.45, 2.75) is 95.6 Å². The number of carboxylic acids is 1. The number of carbonyl (C=O) groups excluding carboxylic acids is 3. The van der Waals surface area contributed by atoms with Crippen molar-refractivity contribution in [1.29, 1.82) is 0 Å². The van der Waals surface area contributed by atoms with Crippen molar-refractivity contribution in [2.24, 2.45) is 0 Å². The van der Waals surface area contributed by atoms with Gasteiger partial charge >= 0.3 is 12.1 Å². The van der Waals surface area contributed by atoms with Crippen LogP contribution in [0, 0.1) is 0 Å². The lowest BCUT2D eigenvalue weighted by Gasteiger charge is -2.41. The van der Waals surface area contributed by atoms with Gasteiger partial charge in [0.2, 0.25) is 11.8 Å². The third kappa shape index (κ3) is 6.23. The van der Waals surface area contributed by atoms with Gasteiger partial charge in [0, 0.05) is 25.4 Å². The van der Waals surface area contributed by atoms with E-state index >= 15 is 0 Å². The maximum atomic E-state index is 14.9. The maximum absolute atomic E-state index is 14.9. The first-order valence-corrected chi connectivity index (χ1v) is 16.1. The molecule has 240 valence electrons. The molecule has 3 amide bonds. The third-order valence-corrected chi connectivity index (χ3v) is 9.29. The number of hydrogen-bond acceptors (Lipinski definition) is 5. The predicted molar refractivity (Wildman–Crippen MR) is 173 cm³/mol. The zero-order valence-electron chi connectivity index (χ0n) is 26.6. The van der Waals surface area contributed by atoms with Crippen LogP contribution in [0.4, 0.5) is 10.5 Å². The lowest BCUT2D eigenvalue weighted by atomic mass is 9.90. The van der Waals surface area contributed by atoms with E-state index in [0.29, 0.717) is 44.3 Å². The number of benzene rings is 3. The summed E-state index contributed by atoms with van der Waals surface area (Å²) in [6.45, 7) is 5.73. The molecule has 3 aliphatic rings. The Kier molecular flexibility index (Phi) is 8.59. The van der Waals surface area contributed by atoms with Crippen molar-refractivity contribution >= 4 is 29.6 Å². The summed E-state index contributed by atoms with van der Waals surface area (Å²) in [5.74, 6) is -1.39. The molecule has 9 heteroatoms. The summed E-state index contributed by atoms with van der Waals surface area (Å²) in [5, 5.41) is 9.49. The van der Waals surface area contributed by atoms with Gasteiger partial charge in [0.05, 0.1) is 11.7 Å². The van der Waals surface area contributed by atoms with E-state index < -0.39 is 29.7 Å². The van der Waals surface area contributed by atoms with Crippen LogP contribution in [-0.4, -0.2) is 62.5 Å². The number of amides is 3. The van der Waals surface area contributed by atoms with E-state index in [1.807, 2.05) is 78.9 Å². The van der Waals surface area contributed by atoms with Gasteiger partial charge in [-0.1, -0.05) is 72.8 Å². The Bertz CT molecular complexity index is 1630. The minimum atomic E-state index is -0.906. The van der Waals surface area contributed by atoms with Crippen molar-refractivity contribution in [3.63, 3.8) is 0 Å². The molecule has 0 spiro atoms. The number of anilines is 1. The quantitative estimate of drug-likeness (QED) is 0.366. The third-order valence-electron chi connectivity index (χ3n) is 9.29. The normalized spacial score (nSPS) is 22.3. The van der Waals surface area contributed by atoms with E-state index in [0.717, 1.165) is 22.3 Å². The molecule has 0 aromatic heterocycles. The molecule has 3 aromatic carbocycles. The molecule has 6 rings (SSSR count). The molecule has 9 nitrogen and oxygen atoms in total. The van der Waals surface area contributed by atoms with Crippen molar-refractivity contribution in [2.75, 3.05) is 4.90 Å². The van der Waals surface area contributed by atoms with E-state index in [1.165, 1.54) is 4.90 Å². The van der Waals surface area contributed by atoms with Crippen LogP contribution in [0.1, 0.15) is 74.8 Å². The number of carbonyl (C=O) groups is 4. The SMILES string of the molecule is CC(C)(C)OC(=O)N1c2ccccc2C[C@@H]1C(=O)N1[C@@H](C(=O)N2Cc3ccccc3C[C@@H]2CCC(=O)O)CC[C@H]1c1ccccc1. The highest BCUT2D eigenvalue weighted by molar-refractivity contribution is 6.02. The Balaban J connectivity index is 1.37. The molecule has 0 bridgehead atoms. The molecule has 3 aliphatic heterocycles. The Labute approximate surface area is 269 Å². The zero-order valence-corrected chi connectivity index (χ0v) is 26.6. The van der Waals surface area contributed by atoms with E-state index in [9.17, 15) is 24.3 Å². The molecule has 0 unspecified atom stereocenters. The summed E-state index contributed by atoms with van der Waals surface area (Å²) in [6, 6.07) is 22.8. The standard InChI is InChI=1S/C37H41N3O6/c1-37(2,3)46-36(45)40-29-16-10-9-14-26(29)22-32(40)35(44)39-30(24-11-5-4-6-12-24)18-19-31(39)34(43)38-23-27-15-8-7-13-25(27)21-28(38)17-20-33(41)42/h4-16,28,30-32H,17-23H2,1-3H3,(H,41,42)/t28-,30-,31+,32+/m0/s1. The first-order chi connectivity index (χ1) is 22.0. The average Bonchev–Trinajstić information content (AvgIpc) is 3.65. The van der Waals surface area contributed by atoms with E-state index in [4.69, 9.17) is 4.74 Å². The summed E-state index contributed by atoms with van der Waals surface area (Å²) in [6.07, 6.45) is 1.58. The topological polar surface area (TPSA) is 107 Å². The molecule has 3 heterocycles. The second-order valence-electron chi connectivity index (χ2n) is 13.5. The van der Waals surface area contributed by atoms with Gasteiger partial charge in [0.25, 0.3) is 0 Å². The highest BCUT2D eigenvalue weighted by atomic mass is 16.6. The van der Waals surface area contributed by atoms with E-state index in [2.05, 4.69) is 0 Å². The lowest BCUT2D eigenvalue weighted by molar-refractivity contribution is -0.149. The maximum Gasteiger partial charge on any atom is 0.415 e. The van der Waals surface area contributed by atoms with Gasteiger partial charge in [-0.25, -0.2) is 4.79 Å². The molecular formula is C37H41N3O6. The van der Waals surface area contributed by atoms with Gasteiger partial charge in [-0.05, 0) is 74.8 Å². The average molecular weight is 624 g/mol. The van der Waals surface area contributed by atoms with Crippen molar-refractivity contribution in [1.82, 2.24) is 9.80 Å². The second kappa shape index (κ2) is 12.6. The largest absolute Gasteiger partial charge is 0.481 e. The monoisotopic (exact) mass is 623 g/mol. The van der Waals surface area contributed by atoms with Gasteiger partial charge in [-0.3, -0.25) is 19.3 Å². The Morgan fingerprint density at radius 1 is 0.783 bits per heavy atom. The van der Waals surface area contributed by atoms with Gasteiger partial charge in [0.1, 0.15) is 17.7 Å². The zero-order chi connectivity index (χ0) is 32.6. The lowest BCUT2D eigenvalue weighted by Crippen LogP contribution is -2.57. The van der Waals surface area contributed by atoms with Gasteiger partial charge < -0.3 is 19.6 Å². The second-order valence-corrected chi connectivity index (χ2v) is 13.5. The molecule has 0 saturated carbocycles. The molecule has 1 N–H and O–H groups in total. The summed E-state index contributed by atoms with van der Waals surface area (Å²) < 4.78 is 5.79. The van der Waals surface area contributed by atoms with Gasteiger partial charge in [-0.2, -0.15) is 0 Å². The van der Waals surface area contributed by atoms with E-state index in [-0.39, 0.29) is 30.3 Å². The Morgan fingerprint density at radius 2 is 1.43 bits per heavy atom. The number of fused-ring (bicyclic) bond motifs is 2. The van der Waals surface area contributed by atoms with E-state index in [1.54, 1.807) is 30.6 Å². The van der Waals surface area contributed by atoms with Crippen LogP contribution in [0.3, 0.4) is 0 Å². The fraction of sp³-hybridized carbons (Fsp3) is 0.405. The summed E-state index contributed by atoms with van der Waals surface area (Å²) in [7, 11) is 0. The molecule has 0 radical (unpaired) electrons. The van der Waals surface area contributed by atoms with Crippen molar-refractivity contribution in [3.8, 4) is 0 Å². The van der Waals surface area contributed by atoms with Crippen molar-refractivity contribution < 1.29 is 29.0 Å². The van der Waals surface area contributed by atoms with Crippen LogP contribution in [-0.2, 0) is 38.5 Å². The number of ether oxygens (including phenoxy) is 1. The highest BCUT2D eigenvalue weighted by Crippen LogP contribution is 2.42. The molecule has 3 aromatic rings. The predicted octanol–water partition coefficient (Wildman–Crippen LogP) is 5.90. The molecule has 46 heavy (non-hydrogen) atoms. The number of likely N-dealkylation sites (tertiary alicyclic amines) is 1. The molecule has 1 fully saturated rings. The molecule has 1 saturated heterocycles. The van der Waals surface area contributed by atoms with Crippen LogP contribution >= 0.6 is 0 Å². The summed E-state index contributed by atoms with van der Waals surface area (Å²) in [4.78, 5) is 59.8. The Morgan fingerprint density at radius 3 is 2.13 bits per heavy atom. The first kappa shape index (κ1) is 31.3. The fourth-order valence-corrected chi connectivity index (χ4v) is 7.24. The summed E-state index contributed by atoms with van der Waals surface area (Å²) in [5.41, 5.74) is 3.80. The highest BCUT2D eigenvalue weighted by Gasteiger charge is 2.50. The Hall–Kier alpha value is -4.66. The number of rotatable bonds is 6. The first-order valence-electron chi connectivity index (χ1n) is 16.1.